The van der Waals surface area contributed by atoms with Gasteiger partial charge in [0, 0.05) is 5.56 Å². The fraction of sp³-hybridized carbons (Fsp3) is 0.125. The SMILES string of the molecule is O=C(O)c1cc(-c2ccccc2)c2c(c1C(=O)O)OCCO2. The highest BCUT2D eigenvalue weighted by Gasteiger charge is 2.30. The molecule has 0 aromatic heterocycles. The number of ether oxygens (including phenoxy) is 2. The third-order valence-electron chi connectivity index (χ3n) is 3.34. The van der Waals surface area contributed by atoms with Gasteiger partial charge in [0.15, 0.2) is 11.5 Å². The molecule has 0 atom stereocenters. The van der Waals surface area contributed by atoms with Gasteiger partial charge in [-0.1, -0.05) is 30.3 Å². The Balaban J connectivity index is 2.34. The summed E-state index contributed by atoms with van der Waals surface area (Å²) in [6.45, 7) is 0.447. The first kappa shape index (κ1) is 13.9. The summed E-state index contributed by atoms with van der Waals surface area (Å²) in [5.41, 5.74) is 0.513. The number of rotatable bonds is 3. The zero-order valence-electron chi connectivity index (χ0n) is 11.4. The molecular weight excluding hydrogens is 288 g/mol. The summed E-state index contributed by atoms with van der Waals surface area (Å²) in [5, 5.41) is 18.7. The Labute approximate surface area is 125 Å². The Hall–Kier alpha value is -3.02. The highest BCUT2D eigenvalue weighted by Crippen LogP contribution is 2.44. The topological polar surface area (TPSA) is 93.1 Å². The van der Waals surface area contributed by atoms with Crippen LogP contribution in [0.25, 0.3) is 11.1 Å². The third-order valence-corrected chi connectivity index (χ3v) is 3.34. The van der Waals surface area contributed by atoms with Crippen molar-refractivity contribution in [2.24, 2.45) is 0 Å². The van der Waals surface area contributed by atoms with E-state index >= 15 is 0 Å². The van der Waals surface area contributed by atoms with Gasteiger partial charge in [-0.2, -0.15) is 0 Å². The smallest absolute Gasteiger partial charge is 0.340 e. The van der Waals surface area contributed by atoms with Gasteiger partial charge in [0.05, 0.1) is 5.56 Å². The van der Waals surface area contributed by atoms with Crippen LogP contribution in [0.15, 0.2) is 36.4 Å². The normalized spacial score (nSPS) is 12.7. The van der Waals surface area contributed by atoms with E-state index in [2.05, 4.69) is 0 Å². The Morgan fingerprint density at radius 2 is 1.55 bits per heavy atom. The Morgan fingerprint density at radius 1 is 0.909 bits per heavy atom. The molecule has 112 valence electrons. The Kier molecular flexibility index (Phi) is 3.42. The molecule has 2 aromatic rings. The van der Waals surface area contributed by atoms with E-state index in [9.17, 15) is 19.8 Å². The van der Waals surface area contributed by atoms with Crippen LogP contribution < -0.4 is 9.47 Å². The van der Waals surface area contributed by atoms with Crippen molar-refractivity contribution >= 4 is 11.9 Å². The van der Waals surface area contributed by atoms with Crippen LogP contribution in [0.4, 0.5) is 0 Å². The van der Waals surface area contributed by atoms with Crippen LogP contribution in [0.2, 0.25) is 0 Å². The van der Waals surface area contributed by atoms with E-state index in [0.29, 0.717) is 5.56 Å². The summed E-state index contributed by atoms with van der Waals surface area (Å²) in [6, 6.07) is 10.3. The summed E-state index contributed by atoms with van der Waals surface area (Å²) < 4.78 is 11.0. The molecule has 2 aromatic carbocycles. The molecule has 22 heavy (non-hydrogen) atoms. The number of hydrogen-bond donors (Lipinski definition) is 2. The van der Waals surface area contributed by atoms with Crippen LogP contribution >= 0.6 is 0 Å². The molecule has 0 unspecified atom stereocenters. The van der Waals surface area contributed by atoms with Crippen LogP contribution in [0, 0.1) is 0 Å². The molecule has 0 spiro atoms. The maximum absolute atomic E-state index is 11.4. The van der Waals surface area contributed by atoms with Gasteiger partial charge in [0.1, 0.15) is 18.8 Å². The number of carbonyl (C=O) groups is 2. The molecule has 0 aliphatic carbocycles. The molecule has 6 nitrogen and oxygen atoms in total. The molecule has 6 heteroatoms. The molecule has 1 aliphatic rings. The fourth-order valence-electron chi connectivity index (χ4n) is 2.42. The average molecular weight is 300 g/mol. The van der Waals surface area contributed by atoms with Crippen molar-refractivity contribution in [3.8, 4) is 22.6 Å². The zero-order valence-corrected chi connectivity index (χ0v) is 11.4. The first-order valence-electron chi connectivity index (χ1n) is 6.58. The van der Waals surface area contributed by atoms with Crippen molar-refractivity contribution in [3.05, 3.63) is 47.5 Å². The first-order chi connectivity index (χ1) is 10.6. The second kappa shape index (κ2) is 5.40. The predicted molar refractivity (Wildman–Crippen MR) is 76.8 cm³/mol. The van der Waals surface area contributed by atoms with Gasteiger partial charge < -0.3 is 19.7 Å². The quantitative estimate of drug-likeness (QED) is 0.904. The van der Waals surface area contributed by atoms with Crippen molar-refractivity contribution < 1.29 is 29.3 Å². The molecule has 0 radical (unpaired) electrons. The molecule has 3 rings (SSSR count). The minimum atomic E-state index is -1.36. The van der Waals surface area contributed by atoms with Crippen molar-refractivity contribution in [1.82, 2.24) is 0 Å². The lowest BCUT2D eigenvalue weighted by atomic mass is 9.96. The van der Waals surface area contributed by atoms with E-state index in [4.69, 9.17) is 9.47 Å². The minimum absolute atomic E-state index is 0.0301. The minimum Gasteiger partial charge on any atom is -0.485 e. The highest BCUT2D eigenvalue weighted by atomic mass is 16.6. The van der Waals surface area contributed by atoms with Crippen molar-refractivity contribution in [1.29, 1.82) is 0 Å². The molecule has 0 bridgehead atoms. The molecule has 2 N–H and O–H groups in total. The lowest BCUT2D eigenvalue weighted by molar-refractivity contribution is 0.0642. The van der Waals surface area contributed by atoms with E-state index in [1.165, 1.54) is 6.07 Å². The predicted octanol–water partition coefficient (Wildman–Crippen LogP) is 2.52. The molecule has 0 fully saturated rings. The molecule has 1 heterocycles. The number of benzene rings is 2. The van der Waals surface area contributed by atoms with Crippen LogP contribution in [0.3, 0.4) is 0 Å². The van der Waals surface area contributed by atoms with Crippen LogP contribution in [0.1, 0.15) is 20.7 Å². The van der Waals surface area contributed by atoms with Gasteiger partial charge in [-0.05, 0) is 11.6 Å². The summed E-state index contributed by atoms with van der Waals surface area (Å²) >= 11 is 0. The van der Waals surface area contributed by atoms with Crippen LogP contribution in [-0.2, 0) is 0 Å². The summed E-state index contributed by atoms with van der Waals surface area (Å²) in [4.78, 5) is 22.9. The summed E-state index contributed by atoms with van der Waals surface area (Å²) in [5.74, 6) is -2.46. The van der Waals surface area contributed by atoms with Gasteiger partial charge in [0.2, 0.25) is 0 Å². The summed E-state index contributed by atoms with van der Waals surface area (Å²) in [6.07, 6.45) is 0. The molecule has 0 amide bonds. The molecule has 1 aliphatic heterocycles. The number of carboxylic acids is 2. The van der Waals surface area contributed by atoms with Crippen LogP contribution in [-0.4, -0.2) is 35.4 Å². The van der Waals surface area contributed by atoms with E-state index in [-0.39, 0.29) is 35.8 Å². The van der Waals surface area contributed by atoms with Crippen LogP contribution in [0.5, 0.6) is 11.5 Å². The first-order valence-corrected chi connectivity index (χ1v) is 6.58. The summed E-state index contributed by atoms with van der Waals surface area (Å²) in [7, 11) is 0. The zero-order chi connectivity index (χ0) is 15.7. The van der Waals surface area contributed by atoms with E-state index < -0.39 is 11.9 Å². The van der Waals surface area contributed by atoms with Gasteiger partial charge in [-0.25, -0.2) is 9.59 Å². The fourth-order valence-corrected chi connectivity index (χ4v) is 2.42. The van der Waals surface area contributed by atoms with Gasteiger partial charge >= 0.3 is 11.9 Å². The van der Waals surface area contributed by atoms with Gasteiger partial charge in [-0.15, -0.1) is 0 Å². The maximum atomic E-state index is 11.4. The monoisotopic (exact) mass is 300 g/mol. The van der Waals surface area contributed by atoms with E-state index in [1.807, 2.05) is 6.07 Å². The highest BCUT2D eigenvalue weighted by molar-refractivity contribution is 6.06. The maximum Gasteiger partial charge on any atom is 0.340 e. The average Bonchev–Trinajstić information content (AvgIpc) is 2.53. The van der Waals surface area contributed by atoms with Crippen molar-refractivity contribution in [2.45, 2.75) is 0 Å². The second-order valence-electron chi connectivity index (χ2n) is 4.68. The number of aromatic carboxylic acids is 2. The molecular formula is C16H12O6. The lowest BCUT2D eigenvalue weighted by Crippen LogP contribution is -2.21. The van der Waals surface area contributed by atoms with Gasteiger partial charge in [0.25, 0.3) is 0 Å². The largest absolute Gasteiger partial charge is 0.485 e. The second-order valence-corrected chi connectivity index (χ2v) is 4.68. The number of carboxylic acid groups (broad SMARTS) is 2. The van der Waals surface area contributed by atoms with Gasteiger partial charge in [-0.3, -0.25) is 0 Å². The number of hydrogen-bond acceptors (Lipinski definition) is 4. The van der Waals surface area contributed by atoms with E-state index in [1.54, 1.807) is 24.3 Å². The number of fused-ring (bicyclic) bond motifs is 1. The third kappa shape index (κ3) is 2.24. The standard InChI is InChI=1S/C16H12O6/c17-15(18)11-8-10(9-4-2-1-3-5-9)13-14(12(11)16(19)20)22-7-6-21-13/h1-5,8H,6-7H2,(H,17,18)(H,19,20). The molecule has 0 saturated carbocycles. The lowest BCUT2D eigenvalue weighted by Gasteiger charge is -2.24. The van der Waals surface area contributed by atoms with Crippen molar-refractivity contribution in [3.63, 3.8) is 0 Å². The molecule has 0 saturated heterocycles. The Bertz CT molecular complexity index is 751. The van der Waals surface area contributed by atoms with E-state index in [0.717, 1.165) is 5.56 Å². The van der Waals surface area contributed by atoms with Crippen molar-refractivity contribution in [2.75, 3.05) is 13.2 Å². The Morgan fingerprint density at radius 3 is 2.14 bits per heavy atom.